The number of aromatic nitrogens is 1. The maximum Gasteiger partial charge on any atom is 0.253 e. The van der Waals surface area contributed by atoms with Crippen LogP contribution in [0.4, 0.5) is 0 Å². The molecule has 0 unspecified atom stereocenters. The molecule has 3 N–H and O–H groups in total. The molecule has 132 valence electrons. The van der Waals surface area contributed by atoms with E-state index in [0.29, 0.717) is 18.0 Å². The number of carbonyl (C=O) groups is 2. The Balaban J connectivity index is 1.31. The van der Waals surface area contributed by atoms with Crippen LogP contribution in [0.1, 0.15) is 29.6 Å². The Hall–Kier alpha value is -2.34. The highest BCUT2D eigenvalue weighted by Gasteiger charge is 2.33. The molecule has 0 saturated carbocycles. The molecule has 6 nitrogen and oxygen atoms in total. The van der Waals surface area contributed by atoms with Crippen LogP contribution >= 0.6 is 0 Å². The smallest absolute Gasteiger partial charge is 0.253 e. The second-order valence-electron chi connectivity index (χ2n) is 7.05. The van der Waals surface area contributed by atoms with E-state index in [4.69, 9.17) is 0 Å². The molecular weight excluding hydrogens is 316 g/mol. The van der Waals surface area contributed by atoms with Crippen LogP contribution in [0.15, 0.2) is 30.5 Å². The summed E-state index contributed by atoms with van der Waals surface area (Å²) in [5.74, 6) is 0.459. The minimum absolute atomic E-state index is 0.0632. The van der Waals surface area contributed by atoms with E-state index in [0.717, 1.165) is 49.8 Å². The lowest BCUT2D eigenvalue weighted by molar-refractivity contribution is -0.132. The lowest BCUT2D eigenvalue weighted by Crippen LogP contribution is -2.42. The predicted octanol–water partition coefficient (Wildman–Crippen LogP) is 1.50. The third kappa shape index (κ3) is 3.26. The molecule has 4 rings (SSSR count). The molecule has 1 aromatic heterocycles. The fourth-order valence-electron chi connectivity index (χ4n) is 3.90. The molecule has 0 radical (unpaired) electrons. The van der Waals surface area contributed by atoms with E-state index in [9.17, 15) is 9.59 Å². The molecule has 25 heavy (non-hydrogen) atoms. The number of rotatable bonds is 4. The maximum atomic E-state index is 12.5. The van der Waals surface area contributed by atoms with Gasteiger partial charge in [-0.15, -0.1) is 0 Å². The number of hydrogen-bond acceptors (Lipinski definition) is 3. The number of nitrogens with one attached hydrogen (secondary N) is 3. The zero-order valence-corrected chi connectivity index (χ0v) is 14.3. The number of benzene rings is 1. The molecule has 3 heterocycles. The normalized spacial score (nSPS) is 23.3. The van der Waals surface area contributed by atoms with Gasteiger partial charge in [-0.25, -0.2) is 0 Å². The van der Waals surface area contributed by atoms with Crippen LogP contribution < -0.4 is 10.6 Å². The standard InChI is InChI=1S/C19H24N4O2/c24-18(15-12-21-16-6-2-1-5-14(15)16)22-11-13-9-17(20-10-13)19(25)23-7-3-4-8-23/h1-2,5-6,12-13,17,20-21H,3-4,7-11H2,(H,22,24)/t13-,17-/m0/s1. The highest BCUT2D eigenvalue weighted by Crippen LogP contribution is 2.20. The number of likely N-dealkylation sites (tertiary alicyclic amines) is 1. The third-order valence-electron chi connectivity index (χ3n) is 5.32. The van der Waals surface area contributed by atoms with Crippen molar-refractivity contribution in [2.24, 2.45) is 5.92 Å². The topological polar surface area (TPSA) is 77.2 Å². The number of hydrogen-bond donors (Lipinski definition) is 3. The fraction of sp³-hybridized carbons (Fsp3) is 0.474. The Morgan fingerprint density at radius 1 is 1.20 bits per heavy atom. The first-order valence-corrected chi connectivity index (χ1v) is 9.09. The van der Waals surface area contributed by atoms with Crippen molar-refractivity contribution in [3.05, 3.63) is 36.0 Å². The number of aromatic amines is 1. The van der Waals surface area contributed by atoms with Gasteiger partial charge in [0.05, 0.1) is 11.6 Å². The zero-order valence-electron chi connectivity index (χ0n) is 14.3. The number of para-hydroxylation sites is 1. The molecule has 2 fully saturated rings. The van der Waals surface area contributed by atoms with E-state index in [1.165, 1.54) is 0 Å². The van der Waals surface area contributed by atoms with Crippen LogP contribution in [0.3, 0.4) is 0 Å². The first-order valence-electron chi connectivity index (χ1n) is 9.09. The summed E-state index contributed by atoms with van der Waals surface area (Å²) >= 11 is 0. The molecule has 2 atom stereocenters. The van der Waals surface area contributed by atoms with Crippen LogP contribution in [0.25, 0.3) is 10.9 Å². The van der Waals surface area contributed by atoms with Gasteiger partial charge < -0.3 is 20.5 Å². The highest BCUT2D eigenvalue weighted by atomic mass is 16.2. The van der Waals surface area contributed by atoms with E-state index in [2.05, 4.69) is 15.6 Å². The molecule has 2 aliphatic heterocycles. The fourth-order valence-corrected chi connectivity index (χ4v) is 3.90. The first kappa shape index (κ1) is 16.1. The van der Waals surface area contributed by atoms with Gasteiger partial charge >= 0.3 is 0 Å². The number of fused-ring (bicyclic) bond motifs is 1. The van der Waals surface area contributed by atoms with Crippen LogP contribution in [-0.4, -0.2) is 53.9 Å². The van der Waals surface area contributed by atoms with Gasteiger partial charge in [0, 0.05) is 43.3 Å². The van der Waals surface area contributed by atoms with Gasteiger partial charge in [-0.3, -0.25) is 9.59 Å². The van der Waals surface area contributed by atoms with Crippen LogP contribution in [0, 0.1) is 5.92 Å². The van der Waals surface area contributed by atoms with Crippen molar-refractivity contribution in [3.63, 3.8) is 0 Å². The van der Waals surface area contributed by atoms with Gasteiger partial charge in [0.1, 0.15) is 0 Å². The number of H-pyrrole nitrogens is 1. The summed E-state index contributed by atoms with van der Waals surface area (Å²) in [7, 11) is 0. The van der Waals surface area contributed by atoms with E-state index >= 15 is 0 Å². The molecule has 1 aromatic carbocycles. The summed E-state index contributed by atoms with van der Waals surface area (Å²) in [4.78, 5) is 30.0. The zero-order chi connectivity index (χ0) is 17.2. The van der Waals surface area contributed by atoms with Gasteiger partial charge in [0.15, 0.2) is 0 Å². The number of amides is 2. The van der Waals surface area contributed by atoms with Crippen LogP contribution in [0.2, 0.25) is 0 Å². The molecule has 2 aromatic rings. The minimum atomic E-state index is -0.0897. The average molecular weight is 340 g/mol. The van der Waals surface area contributed by atoms with E-state index < -0.39 is 0 Å². The van der Waals surface area contributed by atoms with Crippen molar-refractivity contribution < 1.29 is 9.59 Å². The van der Waals surface area contributed by atoms with Crippen molar-refractivity contribution in [1.82, 2.24) is 20.5 Å². The Morgan fingerprint density at radius 3 is 2.84 bits per heavy atom. The minimum Gasteiger partial charge on any atom is -0.360 e. The summed E-state index contributed by atoms with van der Waals surface area (Å²) in [6.07, 6.45) is 4.78. The van der Waals surface area contributed by atoms with Crippen molar-refractivity contribution in [1.29, 1.82) is 0 Å². The molecule has 2 saturated heterocycles. The molecular formula is C19H24N4O2. The van der Waals surface area contributed by atoms with Crippen LogP contribution in [0.5, 0.6) is 0 Å². The highest BCUT2D eigenvalue weighted by molar-refractivity contribution is 6.06. The quantitative estimate of drug-likeness (QED) is 0.789. The summed E-state index contributed by atoms with van der Waals surface area (Å²) < 4.78 is 0. The second kappa shape index (κ2) is 6.88. The Bertz CT molecular complexity index is 779. The number of carbonyl (C=O) groups excluding carboxylic acids is 2. The molecule has 6 heteroatoms. The summed E-state index contributed by atoms with van der Waals surface area (Å²) in [5, 5.41) is 7.28. The van der Waals surface area contributed by atoms with Crippen LogP contribution in [-0.2, 0) is 4.79 Å². The Labute approximate surface area is 147 Å². The maximum absolute atomic E-state index is 12.5. The molecule has 2 amide bonds. The molecule has 0 bridgehead atoms. The molecule has 2 aliphatic rings. The SMILES string of the molecule is O=C(NC[C@@H]1CN[C@H](C(=O)N2CCCC2)C1)c1c[nH]c2ccccc12. The van der Waals surface area contributed by atoms with Gasteiger partial charge in [-0.2, -0.15) is 0 Å². The Kier molecular flexibility index (Phi) is 4.44. The molecule has 0 aliphatic carbocycles. The van der Waals surface area contributed by atoms with Gasteiger partial charge in [-0.05, 0) is 31.2 Å². The lowest BCUT2D eigenvalue weighted by Gasteiger charge is -2.20. The molecule has 0 spiro atoms. The van der Waals surface area contributed by atoms with Crippen molar-refractivity contribution in [2.45, 2.75) is 25.3 Å². The monoisotopic (exact) mass is 340 g/mol. The van der Waals surface area contributed by atoms with Crippen molar-refractivity contribution in [2.75, 3.05) is 26.2 Å². The van der Waals surface area contributed by atoms with Crippen molar-refractivity contribution >= 4 is 22.7 Å². The number of nitrogens with zero attached hydrogens (tertiary/aromatic N) is 1. The Morgan fingerprint density at radius 2 is 2.00 bits per heavy atom. The average Bonchev–Trinajstić information content (AvgIpc) is 3.39. The van der Waals surface area contributed by atoms with Gasteiger partial charge in [0.2, 0.25) is 5.91 Å². The summed E-state index contributed by atoms with van der Waals surface area (Å²) in [5.41, 5.74) is 1.64. The summed E-state index contributed by atoms with van der Waals surface area (Å²) in [6.45, 7) is 3.14. The predicted molar refractivity (Wildman–Crippen MR) is 96.3 cm³/mol. The summed E-state index contributed by atoms with van der Waals surface area (Å²) in [6, 6.07) is 7.70. The van der Waals surface area contributed by atoms with Gasteiger partial charge in [-0.1, -0.05) is 18.2 Å². The third-order valence-corrected chi connectivity index (χ3v) is 5.32. The van der Waals surface area contributed by atoms with E-state index in [-0.39, 0.29) is 17.9 Å². The second-order valence-corrected chi connectivity index (χ2v) is 7.05. The largest absolute Gasteiger partial charge is 0.360 e. The van der Waals surface area contributed by atoms with E-state index in [1.807, 2.05) is 29.2 Å². The van der Waals surface area contributed by atoms with Gasteiger partial charge in [0.25, 0.3) is 5.91 Å². The van der Waals surface area contributed by atoms with E-state index in [1.54, 1.807) is 6.20 Å². The van der Waals surface area contributed by atoms with Crippen molar-refractivity contribution in [3.8, 4) is 0 Å². The first-order chi connectivity index (χ1) is 12.2. The lowest BCUT2D eigenvalue weighted by atomic mass is 10.0.